The van der Waals surface area contributed by atoms with E-state index in [4.69, 9.17) is 0 Å². The number of hydrogen-bond donors (Lipinski definition) is 0. The highest BCUT2D eigenvalue weighted by Crippen LogP contribution is 2.29. The van der Waals surface area contributed by atoms with Crippen molar-refractivity contribution in [1.82, 2.24) is 19.7 Å². The van der Waals surface area contributed by atoms with E-state index >= 15 is 0 Å². The Balaban J connectivity index is 2.03. The number of fused-ring (bicyclic) bond motifs is 1. The summed E-state index contributed by atoms with van der Waals surface area (Å²) in [6.45, 7) is 10.9. The Morgan fingerprint density at radius 3 is 2.50 bits per heavy atom. The van der Waals surface area contributed by atoms with Crippen LogP contribution in [-0.4, -0.2) is 32.8 Å². The largest absolute Gasteiger partial charge is 0.356 e. The van der Waals surface area contributed by atoms with Gasteiger partial charge in [0.25, 0.3) is 0 Å². The Morgan fingerprint density at radius 2 is 1.85 bits per heavy atom. The van der Waals surface area contributed by atoms with E-state index in [-0.39, 0.29) is 5.54 Å². The molecule has 0 aliphatic carbocycles. The molecule has 0 N–H and O–H groups in total. The maximum atomic E-state index is 4.52. The average molecular weight is 273 g/mol. The first-order valence-electron chi connectivity index (χ1n) is 7.41. The predicted octanol–water partition coefficient (Wildman–Crippen LogP) is 2.82. The molecule has 1 saturated heterocycles. The highest BCUT2D eigenvalue weighted by Gasteiger charge is 2.23. The molecular formula is C15H23N5. The molecule has 1 aliphatic heterocycles. The van der Waals surface area contributed by atoms with Gasteiger partial charge in [-0.25, -0.2) is 14.6 Å². The molecule has 0 spiro atoms. The standard InChI is InChI=1S/C15H23N5/c1-11-5-7-19(8-6-11)13-12-9-18-20(15(2,3)4)14(12)17-10-16-13/h9-11H,5-8H2,1-4H3. The second-order valence-corrected chi connectivity index (χ2v) is 6.83. The lowest BCUT2D eigenvalue weighted by Gasteiger charge is -2.31. The van der Waals surface area contributed by atoms with Gasteiger partial charge in [0.1, 0.15) is 12.1 Å². The lowest BCUT2D eigenvalue weighted by atomic mass is 9.99. The summed E-state index contributed by atoms with van der Waals surface area (Å²) < 4.78 is 1.99. The van der Waals surface area contributed by atoms with Crippen LogP contribution in [0.5, 0.6) is 0 Å². The summed E-state index contributed by atoms with van der Waals surface area (Å²) in [5.74, 6) is 1.86. The molecule has 0 saturated carbocycles. The molecule has 0 amide bonds. The van der Waals surface area contributed by atoms with Gasteiger partial charge in [0.05, 0.1) is 17.1 Å². The fourth-order valence-corrected chi connectivity index (χ4v) is 2.80. The van der Waals surface area contributed by atoms with Crippen molar-refractivity contribution in [2.45, 2.75) is 46.1 Å². The molecule has 5 heteroatoms. The van der Waals surface area contributed by atoms with Gasteiger partial charge in [-0.1, -0.05) is 6.92 Å². The van der Waals surface area contributed by atoms with Crippen LogP contribution in [0.1, 0.15) is 40.5 Å². The second-order valence-electron chi connectivity index (χ2n) is 6.83. The molecule has 0 atom stereocenters. The number of anilines is 1. The fraction of sp³-hybridized carbons (Fsp3) is 0.667. The van der Waals surface area contributed by atoms with Gasteiger partial charge in [-0.3, -0.25) is 0 Å². The van der Waals surface area contributed by atoms with Crippen molar-refractivity contribution in [3.05, 3.63) is 12.5 Å². The topological polar surface area (TPSA) is 46.8 Å². The molecule has 2 aromatic heterocycles. The lowest BCUT2D eigenvalue weighted by molar-refractivity contribution is 0.366. The number of aromatic nitrogens is 4. The molecule has 0 aromatic carbocycles. The van der Waals surface area contributed by atoms with Gasteiger partial charge in [-0.2, -0.15) is 5.10 Å². The normalized spacial score (nSPS) is 17.9. The first-order chi connectivity index (χ1) is 9.47. The highest BCUT2D eigenvalue weighted by molar-refractivity contribution is 5.86. The number of nitrogens with zero attached hydrogens (tertiary/aromatic N) is 5. The minimum atomic E-state index is -0.0657. The van der Waals surface area contributed by atoms with Crippen LogP contribution in [0.3, 0.4) is 0 Å². The van der Waals surface area contributed by atoms with E-state index in [1.807, 2.05) is 10.9 Å². The van der Waals surface area contributed by atoms with Crippen molar-refractivity contribution in [1.29, 1.82) is 0 Å². The van der Waals surface area contributed by atoms with E-state index in [0.717, 1.165) is 35.9 Å². The van der Waals surface area contributed by atoms with Crippen LogP contribution in [0.4, 0.5) is 5.82 Å². The van der Waals surface area contributed by atoms with Crippen LogP contribution in [-0.2, 0) is 5.54 Å². The molecule has 0 unspecified atom stereocenters. The number of piperidine rings is 1. The fourth-order valence-electron chi connectivity index (χ4n) is 2.80. The van der Waals surface area contributed by atoms with Gasteiger partial charge in [-0.15, -0.1) is 0 Å². The zero-order valence-electron chi connectivity index (χ0n) is 12.8. The minimum Gasteiger partial charge on any atom is -0.356 e. The van der Waals surface area contributed by atoms with Gasteiger partial charge < -0.3 is 4.90 Å². The van der Waals surface area contributed by atoms with E-state index in [1.54, 1.807) is 6.33 Å². The van der Waals surface area contributed by atoms with Gasteiger partial charge in [0, 0.05) is 13.1 Å². The molecule has 2 aromatic rings. The molecule has 3 heterocycles. The highest BCUT2D eigenvalue weighted by atomic mass is 15.3. The molecule has 0 radical (unpaired) electrons. The van der Waals surface area contributed by atoms with E-state index in [0.29, 0.717) is 0 Å². The lowest BCUT2D eigenvalue weighted by Crippen LogP contribution is -2.33. The van der Waals surface area contributed by atoms with Crippen molar-refractivity contribution in [3.8, 4) is 0 Å². The Bertz CT molecular complexity index is 602. The molecule has 108 valence electrons. The van der Waals surface area contributed by atoms with Crippen LogP contribution in [0.15, 0.2) is 12.5 Å². The van der Waals surface area contributed by atoms with Crippen LogP contribution < -0.4 is 4.90 Å². The summed E-state index contributed by atoms with van der Waals surface area (Å²) in [5.41, 5.74) is 0.866. The Kier molecular flexibility index (Phi) is 3.15. The van der Waals surface area contributed by atoms with Crippen molar-refractivity contribution in [3.63, 3.8) is 0 Å². The maximum Gasteiger partial charge on any atom is 0.163 e. The Morgan fingerprint density at radius 1 is 1.15 bits per heavy atom. The smallest absolute Gasteiger partial charge is 0.163 e. The third-order valence-corrected chi connectivity index (χ3v) is 4.06. The zero-order valence-corrected chi connectivity index (χ0v) is 12.8. The molecule has 1 aliphatic rings. The van der Waals surface area contributed by atoms with E-state index in [9.17, 15) is 0 Å². The maximum absolute atomic E-state index is 4.52. The predicted molar refractivity (Wildman–Crippen MR) is 80.9 cm³/mol. The molecule has 3 rings (SSSR count). The molecule has 1 fully saturated rings. The second kappa shape index (κ2) is 4.72. The summed E-state index contributed by atoms with van der Waals surface area (Å²) in [6.07, 6.45) is 6.05. The van der Waals surface area contributed by atoms with Crippen molar-refractivity contribution >= 4 is 16.9 Å². The summed E-state index contributed by atoms with van der Waals surface area (Å²) >= 11 is 0. The Hall–Kier alpha value is -1.65. The average Bonchev–Trinajstić information content (AvgIpc) is 2.83. The number of hydrogen-bond acceptors (Lipinski definition) is 4. The van der Waals surface area contributed by atoms with Gasteiger partial charge in [0.15, 0.2) is 5.65 Å². The van der Waals surface area contributed by atoms with E-state index in [1.165, 1.54) is 12.8 Å². The summed E-state index contributed by atoms with van der Waals surface area (Å²) in [5, 5.41) is 5.59. The zero-order chi connectivity index (χ0) is 14.3. The molecule has 0 bridgehead atoms. The first-order valence-corrected chi connectivity index (χ1v) is 7.41. The van der Waals surface area contributed by atoms with Crippen LogP contribution in [0, 0.1) is 5.92 Å². The molecule has 20 heavy (non-hydrogen) atoms. The van der Waals surface area contributed by atoms with Crippen molar-refractivity contribution in [2.24, 2.45) is 5.92 Å². The van der Waals surface area contributed by atoms with Crippen molar-refractivity contribution in [2.75, 3.05) is 18.0 Å². The SMILES string of the molecule is CC1CCN(c2ncnc3c2cnn3C(C)(C)C)CC1. The van der Waals surface area contributed by atoms with Crippen LogP contribution in [0.2, 0.25) is 0 Å². The molecule has 5 nitrogen and oxygen atoms in total. The third-order valence-electron chi connectivity index (χ3n) is 4.06. The summed E-state index contributed by atoms with van der Waals surface area (Å²) in [6, 6.07) is 0. The van der Waals surface area contributed by atoms with Gasteiger partial charge >= 0.3 is 0 Å². The van der Waals surface area contributed by atoms with E-state index in [2.05, 4.69) is 47.7 Å². The Labute approximate surface area is 120 Å². The summed E-state index contributed by atoms with van der Waals surface area (Å²) in [4.78, 5) is 11.3. The van der Waals surface area contributed by atoms with Gasteiger partial charge in [0.2, 0.25) is 0 Å². The van der Waals surface area contributed by atoms with Crippen molar-refractivity contribution < 1.29 is 0 Å². The van der Waals surface area contributed by atoms with Gasteiger partial charge in [-0.05, 0) is 39.5 Å². The molecular weight excluding hydrogens is 250 g/mol. The quantitative estimate of drug-likeness (QED) is 0.801. The van der Waals surface area contributed by atoms with Crippen LogP contribution >= 0.6 is 0 Å². The monoisotopic (exact) mass is 273 g/mol. The number of rotatable bonds is 1. The third kappa shape index (κ3) is 2.25. The van der Waals surface area contributed by atoms with E-state index < -0.39 is 0 Å². The summed E-state index contributed by atoms with van der Waals surface area (Å²) in [7, 11) is 0. The van der Waals surface area contributed by atoms with Crippen LogP contribution in [0.25, 0.3) is 11.0 Å². The minimum absolute atomic E-state index is 0.0657. The first kappa shape index (κ1) is 13.3.